The third-order valence-corrected chi connectivity index (χ3v) is 4.94. The molecule has 0 atom stereocenters. The normalized spacial score (nSPS) is 15.0. The number of benzene rings is 2. The SMILES string of the molecule is O=C(Oc1cccc(/C=C/c2ccc3ccccc3n2)c1)OC1CCCCC1. The van der Waals surface area contributed by atoms with Crippen LogP contribution in [0.3, 0.4) is 0 Å². The topological polar surface area (TPSA) is 48.4 Å². The third kappa shape index (κ3) is 4.77. The molecule has 0 saturated heterocycles. The summed E-state index contributed by atoms with van der Waals surface area (Å²) in [5.74, 6) is 0.481. The van der Waals surface area contributed by atoms with Gasteiger partial charge in [-0.1, -0.05) is 48.9 Å². The first-order chi connectivity index (χ1) is 13.8. The summed E-state index contributed by atoms with van der Waals surface area (Å²) in [5.41, 5.74) is 2.77. The molecule has 4 rings (SSSR count). The lowest BCUT2D eigenvalue weighted by molar-refractivity contribution is 0.0417. The van der Waals surface area contributed by atoms with Crippen LogP contribution in [0.5, 0.6) is 5.75 Å². The van der Waals surface area contributed by atoms with Gasteiger partial charge < -0.3 is 9.47 Å². The van der Waals surface area contributed by atoms with E-state index in [2.05, 4.69) is 11.1 Å². The molecule has 0 aliphatic heterocycles. The van der Waals surface area contributed by atoms with Gasteiger partial charge in [0.05, 0.1) is 11.2 Å². The van der Waals surface area contributed by atoms with Crippen molar-refractivity contribution in [2.45, 2.75) is 38.2 Å². The van der Waals surface area contributed by atoms with E-state index in [0.29, 0.717) is 5.75 Å². The van der Waals surface area contributed by atoms with Gasteiger partial charge in [0, 0.05) is 5.39 Å². The standard InChI is InChI=1S/C24H23NO3/c26-24(27-21-9-2-1-3-10-21)28-22-11-6-7-18(17-22)13-15-20-16-14-19-8-4-5-12-23(19)25-20/h4-8,11-17,21H,1-3,9-10H2/b15-13+. The monoisotopic (exact) mass is 373 g/mol. The lowest BCUT2D eigenvalue weighted by Crippen LogP contribution is -2.23. The Bertz CT molecular complexity index is 990. The molecule has 0 unspecified atom stereocenters. The minimum Gasteiger partial charge on any atom is -0.431 e. The first-order valence-corrected chi connectivity index (χ1v) is 9.79. The first-order valence-electron chi connectivity index (χ1n) is 9.79. The van der Waals surface area contributed by atoms with Crippen LogP contribution in [0.15, 0.2) is 60.7 Å². The molecule has 1 aromatic heterocycles. The van der Waals surface area contributed by atoms with Crippen molar-refractivity contribution < 1.29 is 14.3 Å². The van der Waals surface area contributed by atoms with Crippen LogP contribution in [0.4, 0.5) is 4.79 Å². The van der Waals surface area contributed by atoms with E-state index in [4.69, 9.17) is 9.47 Å². The summed E-state index contributed by atoms with van der Waals surface area (Å²) in [6, 6.07) is 19.5. The van der Waals surface area contributed by atoms with E-state index in [1.165, 1.54) is 6.42 Å². The molecule has 28 heavy (non-hydrogen) atoms. The molecule has 1 heterocycles. The van der Waals surface area contributed by atoms with Gasteiger partial charge in [0.2, 0.25) is 0 Å². The highest BCUT2D eigenvalue weighted by atomic mass is 16.7. The van der Waals surface area contributed by atoms with Crippen LogP contribution in [-0.2, 0) is 4.74 Å². The van der Waals surface area contributed by atoms with Crippen molar-refractivity contribution in [2.75, 3.05) is 0 Å². The highest BCUT2D eigenvalue weighted by Gasteiger charge is 2.18. The van der Waals surface area contributed by atoms with E-state index in [-0.39, 0.29) is 6.10 Å². The maximum Gasteiger partial charge on any atom is 0.514 e. The minimum atomic E-state index is -0.621. The number of nitrogens with zero attached hydrogens (tertiary/aromatic N) is 1. The van der Waals surface area contributed by atoms with E-state index < -0.39 is 6.16 Å². The molecule has 142 valence electrons. The number of para-hydroxylation sites is 1. The molecule has 0 N–H and O–H groups in total. The second kappa shape index (κ2) is 8.70. The number of hydrogen-bond acceptors (Lipinski definition) is 4. The number of rotatable bonds is 4. The smallest absolute Gasteiger partial charge is 0.431 e. The number of pyridine rings is 1. The van der Waals surface area contributed by atoms with Crippen LogP contribution in [0.1, 0.15) is 43.4 Å². The Kier molecular flexibility index (Phi) is 5.66. The van der Waals surface area contributed by atoms with Gasteiger partial charge in [-0.15, -0.1) is 0 Å². The van der Waals surface area contributed by atoms with Crippen molar-refractivity contribution in [3.05, 3.63) is 71.9 Å². The van der Waals surface area contributed by atoms with Crippen LogP contribution in [0.2, 0.25) is 0 Å². The number of aromatic nitrogens is 1. The van der Waals surface area contributed by atoms with Crippen molar-refractivity contribution in [3.8, 4) is 5.75 Å². The van der Waals surface area contributed by atoms with Gasteiger partial charge in [-0.3, -0.25) is 0 Å². The van der Waals surface area contributed by atoms with E-state index in [0.717, 1.165) is 47.8 Å². The van der Waals surface area contributed by atoms with E-state index in [1.54, 1.807) is 6.07 Å². The molecule has 1 aliphatic carbocycles. The number of carbonyl (C=O) groups excluding carboxylic acids is 1. The lowest BCUT2D eigenvalue weighted by Gasteiger charge is -2.21. The molecule has 1 saturated carbocycles. The fraction of sp³-hybridized carbons (Fsp3) is 0.250. The molecule has 2 aromatic carbocycles. The Hall–Kier alpha value is -3.14. The largest absolute Gasteiger partial charge is 0.514 e. The van der Waals surface area contributed by atoms with Crippen LogP contribution in [0, 0.1) is 0 Å². The molecule has 4 heteroatoms. The number of fused-ring (bicyclic) bond motifs is 1. The van der Waals surface area contributed by atoms with Crippen LogP contribution in [-0.4, -0.2) is 17.2 Å². The van der Waals surface area contributed by atoms with Crippen LogP contribution < -0.4 is 4.74 Å². The first kappa shape index (κ1) is 18.2. The summed E-state index contributed by atoms with van der Waals surface area (Å²) >= 11 is 0. The van der Waals surface area contributed by atoms with Crippen LogP contribution >= 0.6 is 0 Å². The number of carbonyl (C=O) groups is 1. The fourth-order valence-corrected chi connectivity index (χ4v) is 3.48. The predicted octanol–water partition coefficient (Wildman–Crippen LogP) is 6.25. The lowest BCUT2D eigenvalue weighted by atomic mass is 9.98. The van der Waals surface area contributed by atoms with Gasteiger partial charge in [-0.05, 0) is 61.6 Å². The molecule has 0 amide bonds. The average Bonchev–Trinajstić information content (AvgIpc) is 2.73. The quantitative estimate of drug-likeness (QED) is 0.400. The van der Waals surface area contributed by atoms with Gasteiger partial charge in [0.1, 0.15) is 11.9 Å². The minimum absolute atomic E-state index is 0.0108. The molecule has 4 nitrogen and oxygen atoms in total. The zero-order chi connectivity index (χ0) is 19.2. The molecule has 1 fully saturated rings. The van der Waals surface area contributed by atoms with Crippen molar-refractivity contribution in [1.82, 2.24) is 4.98 Å². The molecule has 0 radical (unpaired) electrons. The van der Waals surface area contributed by atoms with Crippen molar-refractivity contribution >= 4 is 29.2 Å². The summed E-state index contributed by atoms with van der Waals surface area (Å²) in [4.78, 5) is 16.7. The summed E-state index contributed by atoms with van der Waals surface area (Å²) in [5, 5.41) is 1.12. The Morgan fingerprint density at radius 3 is 2.68 bits per heavy atom. The van der Waals surface area contributed by atoms with Gasteiger partial charge in [0.15, 0.2) is 0 Å². The summed E-state index contributed by atoms with van der Waals surface area (Å²) in [6.07, 6.45) is 8.57. The summed E-state index contributed by atoms with van der Waals surface area (Å²) in [6.45, 7) is 0. The van der Waals surface area contributed by atoms with Gasteiger partial charge >= 0.3 is 6.16 Å². The van der Waals surface area contributed by atoms with Gasteiger partial charge in [-0.25, -0.2) is 9.78 Å². The average molecular weight is 373 g/mol. The summed E-state index contributed by atoms with van der Waals surface area (Å²) < 4.78 is 10.8. The number of ether oxygens (including phenoxy) is 2. The Balaban J connectivity index is 1.41. The predicted molar refractivity (Wildman–Crippen MR) is 111 cm³/mol. The van der Waals surface area contributed by atoms with Gasteiger partial charge in [0.25, 0.3) is 0 Å². The number of hydrogen-bond donors (Lipinski definition) is 0. The van der Waals surface area contributed by atoms with E-state index >= 15 is 0 Å². The molecular weight excluding hydrogens is 350 g/mol. The molecule has 1 aliphatic rings. The van der Waals surface area contributed by atoms with Crippen molar-refractivity contribution in [3.63, 3.8) is 0 Å². The fourth-order valence-electron chi connectivity index (χ4n) is 3.48. The van der Waals surface area contributed by atoms with Crippen LogP contribution in [0.25, 0.3) is 23.1 Å². The third-order valence-electron chi connectivity index (χ3n) is 4.94. The highest BCUT2D eigenvalue weighted by molar-refractivity contribution is 5.80. The maximum absolute atomic E-state index is 12.0. The van der Waals surface area contributed by atoms with Gasteiger partial charge in [-0.2, -0.15) is 0 Å². The Morgan fingerprint density at radius 1 is 0.929 bits per heavy atom. The Labute approximate surface area is 164 Å². The van der Waals surface area contributed by atoms with Crippen molar-refractivity contribution in [1.29, 1.82) is 0 Å². The van der Waals surface area contributed by atoms with E-state index in [1.807, 2.05) is 60.7 Å². The molecular formula is C24H23NO3. The molecule has 0 spiro atoms. The molecule has 3 aromatic rings. The zero-order valence-corrected chi connectivity index (χ0v) is 15.7. The van der Waals surface area contributed by atoms with E-state index in [9.17, 15) is 4.79 Å². The Morgan fingerprint density at radius 2 is 1.79 bits per heavy atom. The maximum atomic E-state index is 12.0. The zero-order valence-electron chi connectivity index (χ0n) is 15.7. The summed E-state index contributed by atoms with van der Waals surface area (Å²) in [7, 11) is 0. The second-order valence-electron chi connectivity index (χ2n) is 7.06. The second-order valence-corrected chi connectivity index (χ2v) is 7.06. The van der Waals surface area contributed by atoms with Crippen molar-refractivity contribution in [2.24, 2.45) is 0 Å². The highest BCUT2D eigenvalue weighted by Crippen LogP contribution is 2.22. The molecule has 0 bridgehead atoms.